The van der Waals surface area contributed by atoms with Gasteiger partial charge in [0.2, 0.25) is 0 Å². The highest BCUT2D eigenvalue weighted by molar-refractivity contribution is 7.22. The van der Waals surface area contributed by atoms with E-state index >= 15 is 0 Å². The first kappa shape index (κ1) is 19.2. The van der Waals surface area contributed by atoms with Crippen LogP contribution in [0.1, 0.15) is 11.1 Å². The second-order valence-electron chi connectivity index (χ2n) is 5.49. The molecule has 1 heterocycles. The number of rotatable bonds is 4. The lowest BCUT2D eigenvalue weighted by Gasteiger charge is -2.15. The van der Waals surface area contributed by atoms with Crippen LogP contribution in [0.2, 0.25) is 15.1 Å². The molecule has 0 aliphatic rings. The summed E-state index contributed by atoms with van der Waals surface area (Å²) in [6, 6.07) is 4.22. The molecule has 0 radical (unpaired) electrons. The van der Waals surface area contributed by atoms with Gasteiger partial charge in [-0.05, 0) is 43.2 Å². The molecule has 0 saturated carbocycles. The molecular formula is C17H12Cl3FN2O2S. The average molecular weight is 434 g/mol. The number of ether oxygens (including phenoxy) is 1. The van der Waals surface area contributed by atoms with E-state index in [0.29, 0.717) is 31.5 Å². The predicted octanol–water partition coefficient (Wildman–Crippen LogP) is 6.03. The maximum Gasteiger partial charge on any atom is 0.264 e. The van der Waals surface area contributed by atoms with Gasteiger partial charge in [0.15, 0.2) is 17.5 Å². The zero-order valence-corrected chi connectivity index (χ0v) is 16.7. The van der Waals surface area contributed by atoms with E-state index in [-0.39, 0.29) is 28.2 Å². The van der Waals surface area contributed by atoms with Gasteiger partial charge in [0.25, 0.3) is 5.91 Å². The van der Waals surface area contributed by atoms with E-state index in [1.807, 2.05) is 0 Å². The number of hydrogen-bond donors (Lipinski definition) is 1. The van der Waals surface area contributed by atoms with Crippen LogP contribution >= 0.6 is 46.1 Å². The summed E-state index contributed by atoms with van der Waals surface area (Å²) >= 11 is 19.7. The van der Waals surface area contributed by atoms with E-state index in [1.165, 1.54) is 23.5 Å². The maximum absolute atomic E-state index is 13.2. The Labute approximate surface area is 167 Å². The third-order valence-electron chi connectivity index (χ3n) is 3.66. The van der Waals surface area contributed by atoms with Gasteiger partial charge < -0.3 is 4.74 Å². The van der Waals surface area contributed by atoms with Crippen LogP contribution in [0, 0.1) is 19.7 Å². The van der Waals surface area contributed by atoms with E-state index in [2.05, 4.69) is 10.3 Å². The number of anilines is 1. The quantitative estimate of drug-likeness (QED) is 0.546. The molecule has 0 spiro atoms. The molecule has 1 amide bonds. The van der Waals surface area contributed by atoms with E-state index in [9.17, 15) is 9.18 Å². The van der Waals surface area contributed by atoms with Gasteiger partial charge in [-0.25, -0.2) is 9.37 Å². The first-order valence-corrected chi connectivity index (χ1v) is 9.35. The first-order valence-electron chi connectivity index (χ1n) is 7.40. The van der Waals surface area contributed by atoms with Crippen LogP contribution in [0.3, 0.4) is 0 Å². The molecule has 0 unspecified atom stereocenters. The number of fused-ring (bicyclic) bond motifs is 1. The molecule has 3 aromatic rings. The van der Waals surface area contributed by atoms with Gasteiger partial charge in [0.05, 0.1) is 20.3 Å². The number of thiazole rings is 1. The van der Waals surface area contributed by atoms with Gasteiger partial charge in [-0.1, -0.05) is 46.1 Å². The summed E-state index contributed by atoms with van der Waals surface area (Å²) in [6.45, 7) is 3.16. The van der Waals surface area contributed by atoms with Crippen LogP contribution in [0.25, 0.3) is 10.2 Å². The van der Waals surface area contributed by atoms with Crippen molar-refractivity contribution in [2.75, 3.05) is 11.9 Å². The molecule has 4 nitrogen and oxygen atoms in total. The minimum absolute atomic E-state index is 0.203. The highest BCUT2D eigenvalue weighted by Gasteiger charge is 2.19. The SMILES string of the molecule is Cc1c(Cl)c(C)c(Cl)c(OCC(=O)Nc2nc3ccc(F)cc3s2)c1Cl. The van der Waals surface area contributed by atoms with E-state index in [0.717, 1.165) is 0 Å². The van der Waals surface area contributed by atoms with Crippen LogP contribution < -0.4 is 10.1 Å². The number of nitrogens with zero attached hydrogens (tertiary/aromatic N) is 1. The van der Waals surface area contributed by atoms with Gasteiger partial charge in [-0.2, -0.15) is 0 Å². The molecule has 0 atom stereocenters. The summed E-state index contributed by atoms with van der Waals surface area (Å²) in [5.41, 5.74) is 1.85. The predicted molar refractivity (Wildman–Crippen MR) is 105 cm³/mol. The van der Waals surface area contributed by atoms with Gasteiger partial charge >= 0.3 is 0 Å². The first-order chi connectivity index (χ1) is 12.3. The molecule has 1 aromatic heterocycles. The fraction of sp³-hybridized carbons (Fsp3) is 0.176. The van der Waals surface area contributed by atoms with Crippen LogP contribution in [-0.4, -0.2) is 17.5 Å². The number of aromatic nitrogens is 1. The Balaban J connectivity index is 1.73. The summed E-state index contributed by atoms with van der Waals surface area (Å²) in [4.78, 5) is 16.4. The second-order valence-corrected chi connectivity index (χ2v) is 7.65. The Hall–Kier alpha value is -1.60. The molecular weight excluding hydrogens is 422 g/mol. The topological polar surface area (TPSA) is 51.2 Å². The molecule has 9 heteroatoms. The van der Waals surface area contributed by atoms with Crippen molar-refractivity contribution in [3.63, 3.8) is 0 Å². The van der Waals surface area contributed by atoms with Crippen molar-refractivity contribution in [2.45, 2.75) is 13.8 Å². The zero-order valence-electron chi connectivity index (χ0n) is 13.6. The Morgan fingerprint density at radius 3 is 2.50 bits per heavy atom. The lowest BCUT2D eigenvalue weighted by atomic mass is 10.1. The van der Waals surface area contributed by atoms with Crippen LogP contribution in [-0.2, 0) is 4.79 Å². The van der Waals surface area contributed by atoms with Crippen molar-refractivity contribution < 1.29 is 13.9 Å². The molecule has 1 N–H and O–H groups in total. The summed E-state index contributed by atoms with van der Waals surface area (Å²) in [6.07, 6.45) is 0. The highest BCUT2D eigenvalue weighted by atomic mass is 35.5. The van der Waals surface area contributed by atoms with Crippen molar-refractivity contribution in [1.29, 1.82) is 0 Å². The van der Waals surface area contributed by atoms with Crippen LogP contribution in [0.5, 0.6) is 5.75 Å². The Morgan fingerprint density at radius 1 is 1.19 bits per heavy atom. The van der Waals surface area contributed by atoms with Crippen molar-refractivity contribution in [3.8, 4) is 5.75 Å². The fourth-order valence-electron chi connectivity index (χ4n) is 2.28. The Kier molecular flexibility index (Phi) is 5.58. The molecule has 0 aliphatic carbocycles. The minimum atomic E-state index is -0.443. The summed E-state index contributed by atoms with van der Waals surface area (Å²) in [5, 5.41) is 3.93. The number of benzene rings is 2. The molecule has 0 saturated heterocycles. The molecule has 136 valence electrons. The Morgan fingerprint density at radius 2 is 1.85 bits per heavy atom. The van der Waals surface area contributed by atoms with Crippen LogP contribution in [0.4, 0.5) is 9.52 Å². The van der Waals surface area contributed by atoms with E-state index in [4.69, 9.17) is 39.5 Å². The average Bonchev–Trinajstić information content (AvgIpc) is 2.99. The summed E-state index contributed by atoms with van der Waals surface area (Å²) in [5.74, 6) is -0.601. The number of nitrogens with one attached hydrogen (secondary N) is 1. The number of halogens is 4. The number of carbonyl (C=O) groups excluding carboxylic acids is 1. The second kappa shape index (κ2) is 7.56. The molecule has 0 fully saturated rings. The summed E-state index contributed by atoms with van der Waals surface area (Å²) < 4.78 is 19.4. The molecule has 0 bridgehead atoms. The van der Waals surface area contributed by atoms with Crippen LogP contribution in [0.15, 0.2) is 18.2 Å². The van der Waals surface area contributed by atoms with Gasteiger partial charge in [-0.15, -0.1) is 0 Å². The van der Waals surface area contributed by atoms with Gasteiger partial charge in [0, 0.05) is 5.02 Å². The van der Waals surface area contributed by atoms with Crippen molar-refractivity contribution in [3.05, 3.63) is 50.2 Å². The zero-order chi connectivity index (χ0) is 19.0. The monoisotopic (exact) mass is 432 g/mol. The third-order valence-corrected chi connectivity index (χ3v) is 6.07. The maximum atomic E-state index is 13.2. The Bertz CT molecular complexity index is 994. The molecule has 3 rings (SSSR count). The molecule has 26 heavy (non-hydrogen) atoms. The van der Waals surface area contributed by atoms with Gasteiger partial charge in [-0.3, -0.25) is 10.1 Å². The van der Waals surface area contributed by atoms with E-state index < -0.39 is 5.91 Å². The van der Waals surface area contributed by atoms with Gasteiger partial charge in [0.1, 0.15) is 5.82 Å². The smallest absolute Gasteiger partial charge is 0.264 e. The van der Waals surface area contributed by atoms with E-state index in [1.54, 1.807) is 19.9 Å². The fourth-order valence-corrected chi connectivity index (χ4v) is 4.01. The number of carbonyl (C=O) groups is 1. The lowest BCUT2D eigenvalue weighted by Crippen LogP contribution is -2.20. The third kappa shape index (κ3) is 3.74. The largest absolute Gasteiger partial charge is 0.481 e. The molecule has 2 aromatic carbocycles. The minimum Gasteiger partial charge on any atom is -0.481 e. The normalized spacial score (nSPS) is 11.0. The standard InChI is InChI=1S/C17H12Cl3FN2O2S/c1-7-13(18)8(2)15(20)16(14(7)19)25-6-12(24)23-17-22-10-4-3-9(21)5-11(10)26-17/h3-5H,6H2,1-2H3,(H,22,23,24). The highest BCUT2D eigenvalue weighted by Crippen LogP contribution is 2.42. The number of amides is 1. The van der Waals surface area contributed by atoms with Crippen molar-refractivity contribution >= 4 is 67.4 Å². The van der Waals surface area contributed by atoms with Crippen molar-refractivity contribution in [1.82, 2.24) is 4.98 Å². The summed E-state index contributed by atoms with van der Waals surface area (Å²) in [7, 11) is 0. The van der Waals surface area contributed by atoms with Crippen molar-refractivity contribution in [2.24, 2.45) is 0 Å². The molecule has 0 aliphatic heterocycles. The lowest BCUT2D eigenvalue weighted by molar-refractivity contribution is -0.118. The number of hydrogen-bond acceptors (Lipinski definition) is 4.